The Labute approximate surface area is 98.6 Å². The molecule has 0 bridgehead atoms. The molecule has 16 heavy (non-hydrogen) atoms. The number of esters is 1. The van der Waals surface area contributed by atoms with Crippen LogP contribution in [0.3, 0.4) is 0 Å². The first-order chi connectivity index (χ1) is 7.63. The molecule has 7 heteroatoms. The van der Waals surface area contributed by atoms with Gasteiger partial charge in [0, 0.05) is 6.54 Å². The molecular formula is C9H16N4O2S. The summed E-state index contributed by atoms with van der Waals surface area (Å²) in [4.78, 5) is 11.3. The van der Waals surface area contributed by atoms with Gasteiger partial charge in [-0.05, 0) is 13.8 Å². The molecule has 0 aliphatic rings. The second-order valence-corrected chi connectivity index (χ2v) is 4.44. The van der Waals surface area contributed by atoms with Gasteiger partial charge in [0.05, 0.1) is 13.7 Å². The molecule has 0 amide bonds. The van der Waals surface area contributed by atoms with Crippen LogP contribution >= 0.6 is 11.8 Å². The molecule has 0 aliphatic carbocycles. The van der Waals surface area contributed by atoms with Crippen LogP contribution in [0, 0.1) is 0 Å². The van der Waals surface area contributed by atoms with E-state index in [0.29, 0.717) is 11.7 Å². The summed E-state index contributed by atoms with van der Waals surface area (Å²) >= 11 is 1.32. The largest absolute Gasteiger partial charge is 0.468 e. The molecule has 1 unspecified atom stereocenters. The molecule has 0 aliphatic heterocycles. The predicted octanol–water partition coefficient (Wildman–Crippen LogP) is 0.410. The van der Waals surface area contributed by atoms with Crippen molar-refractivity contribution in [1.29, 1.82) is 0 Å². The first kappa shape index (κ1) is 13.0. The van der Waals surface area contributed by atoms with Gasteiger partial charge in [-0.25, -0.2) is 0 Å². The first-order valence-electron chi connectivity index (χ1n) is 5.00. The number of nitrogens with zero attached hydrogens (tertiary/aromatic N) is 3. The van der Waals surface area contributed by atoms with Gasteiger partial charge in [-0.15, -0.1) is 10.2 Å². The van der Waals surface area contributed by atoms with E-state index in [2.05, 4.69) is 14.9 Å². The van der Waals surface area contributed by atoms with Crippen molar-refractivity contribution < 1.29 is 9.53 Å². The number of aromatic nitrogens is 3. The van der Waals surface area contributed by atoms with Gasteiger partial charge in [-0.2, -0.15) is 0 Å². The molecule has 1 heterocycles. The number of methoxy groups -OCH3 is 1. The predicted molar refractivity (Wildman–Crippen MR) is 60.9 cm³/mol. The maximum atomic E-state index is 11.3. The molecule has 1 atom stereocenters. The zero-order valence-corrected chi connectivity index (χ0v) is 10.5. The fourth-order valence-corrected chi connectivity index (χ4v) is 2.21. The molecule has 0 saturated heterocycles. The minimum atomic E-state index is -0.301. The highest BCUT2D eigenvalue weighted by Gasteiger charge is 2.19. The van der Waals surface area contributed by atoms with E-state index in [9.17, 15) is 4.79 Å². The smallest absolute Gasteiger partial charge is 0.318 e. The third-order valence-electron chi connectivity index (χ3n) is 2.11. The van der Waals surface area contributed by atoms with Gasteiger partial charge in [0.15, 0.2) is 5.16 Å². The fourth-order valence-electron chi connectivity index (χ4n) is 1.25. The topological polar surface area (TPSA) is 83.0 Å². The Morgan fingerprint density at radius 3 is 2.81 bits per heavy atom. The molecule has 0 fully saturated rings. The number of carbonyl (C=O) groups excluding carboxylic acids is 1. The number of carbonyl (C=O) groups is 1. The van der Waals surface area contributed by atoms with Gasteiger partial charge in [0.2, 0.25) is 0 Å². The lowest BCUT2D eigenvalue weighted by molar-refractivity contribution is -0.139. The summed E-state index contributed by atoms with van der Waals surface area (Å²) in [6, 6.07) is 0. The normalized spacial score (nSPS) is 12.5. The van der Waals surface area contributed by atoms with Crippen molar-refractivity contribution in [3.8, 4) is 0 Å². The Bertz CT molecular complexity index is 366. The Hall–Kier alpha value is -1.08. The molecule has 90 valence electrons. The van der Waals surface area contributed by atoms with Gasteiger partial charge in [0.25, 0.3) is 0 Å². The second-order valence-electron chi connectivity index (χ2n) is 3.13. The maximum absolute atomic E-state index is 11.3. The summed E-state index contributed by atoms with van der Waals surface area (Å²) < 4.78 is 6.54. The van der Waals surface area contributed by atoms with Crippen LogP contribution in [0.1, 0.15) is 19.7 Å². The quantitative estimate of drug-likeness (QED) is 0.596. The highest BCUT2D eigenvalue weighted by molar-refractivity contribution is 8.00. The van der Waals surface area contributed by atoms with Crippen LogP contribution in [0.4, 0.5) is 0 Å². The lowest BCUT2D eigenvalue weighted by atomic mass is 10.5. The van der Waals surface area contributed by atoms with Crippen LogP contribution < -0.4 is 5.73 Å². The van der Waals surface area contributed by atoms with Crippen molar-refractivity contribution >= 4 is 17.7 Å². The molecular weight excluding hydrogens is 228 g/mol. The monoisotopic (exact) mass is 244 g/mol. The maximum Gasteiger partial charge on any atom is 0.318 e. The van der Waals surface area contributed by atoms with Crippen LogP contribution in [-0.4, -0.2) is 33.1 Å². The molecule has 0 saturated carbocycles. The van der Waals surface area contributed by atoms with Crippen molar-refractivity contribution in [3.63, 3.8) is 0 Å². The van der Waals surface area contributed by atoms with E-state index in [1.165, 1.54) is 18.9 Å². The Kier molecular flexibility index (Phi) is 4.75. The van der Waals surface area contributed by atoms with E-state index in [-0.39, 0.29) is 11.2 Å². The summed E-state index contributed by atoms with van der Waals surface area (Å²) in [5.41, 5.74) is 5.53. The summed E-state index contributed by atoms with van der Waals surface area (Å²) in [6.07, 6.45) is 0. The number of nitrogens with two attached hydrogens (primary N) is 1. The molecule has 1 rings (SSSR count). The van der Waals surface area contributed by atoms with Crippen LogP contribution in [-0.2, 0) is 22.6 Å². The van der Waals surface area contributed by atoms with Gasteiger partial charge < -0.3 is 15.0 Å². The first-order valence-corrected chi connectivity index (χ1v) is 5.88. The standard InChI is InChI=1S/C9H16N4O2S/c1-4-13-7(5-10)11-12-9(13)16-6(2)8(14)15-3/h6H,4-5,10H2,1-3H3. The lowest BCUT2D eigenvalue weighted by Gasteiger charge is -2.09. The number of hydrogen-bond donors (Lipinski definition) is 1. The minimum Gasteiger partial charge on any atom is -0.468 e. The fraction of sp³-hybridized carbons (Fsp3) is 0.667. The number of hydrogen-bond acceptors (Lipinski definition) is 6. The van der Waals surface area contributed by atoms with E-state index >= 15 is 0 Å². The van der Waals surface area contributed by atoms with Gasteiger partial charge in [-0.3, -0.25) is 4.79 Å². The summed E-state index contributed by atoms with van der Waals surface area (Å²) in [7, 11) is 1.37. The Morgan fingerprint density at radius 1 is 1.62 bits per heavy atom. The average molecular weight is 244 g/mol. The highest BCUT2D eigenvalue weighted by Crippen LogP contribution is 2.22. The van der Waals surface area contributed by atoms with Crippen molar-refractivity contribution in [2.75, 3.05) is 7.11 Å². The third kappa shape index (κ3) is 2.73. The minimum absolute atomic E-state index is 0.273. The van der Waals surface area contributed by atoms with Crippen LogP contribution in [0.5, 0.6) is 0 Å². The van der Waals surface area contributed by atoms with Gasteiger partial charge in [0.1, 0.15) is 11.1 Å². The van der Waals surface area contributed by atoms with E-state index in [0.717, 1.165) is 12.4 Å². The zero-order valence-electron chi connectivity index (χ0n) is 9.64. The van der Waals surface area contributed by atoms with Crippen molar-refractivity contribution in [3.05, 3.63) is 5.82 Å². The number of thioether (sulfide) groups is 1. The van der Waals surface area contributed by atoms with Crippen LogP contribution in [0.25, 0.3) is 0 Å². The highest BCUT2D eigenvalue weighted by atomic mass is 32.2. The van der Waals surface area contributed by atoms with Crippen molar-refractivity contribution in [1.82, 2.24) is 14.8 Å². The van der Waals surface area contributed by atoms with E-state index in [1.54, 1.807) is 6.92 Å². The molecule has 1 aromatic heterocycles. The summed E-state index contributed by atoms with van der Waals surface area (Å²) in [5.74, 6) is 0.451. The summed E-state index contributed by atoms with van der Waals surface area (Å²) in [5, 5.41) is 8.36. The van der Waals surface area contributed by atoms with E-state index in [4.69, 9.17) is 5.73 Å². The summed E-state index contributed by atoms with van der Waals surface area (Å²) in [6.45, 7) is 4.83. The second kappa shape index (κ2) is 5.86. The SMILES string of the molecule is CCn1c(CN)nnc1SC(C)C(=O)OC. The van der Waals surface area contributed by atoms with E-state index < -0.39 is 0 Å². The third-order valence-corrected chi connectivity index (χ3v) is 3.17. The van der Waals surface area contributed by atoms with Gasteiger partial charge >= 0.3 is 5.97 Å². The van der Waals surface area contributed by atoms with Crippen LogP contribution in [0.2, 0.25) is 0 Å². The molecule has 2 N–H and O–H groups in total. The Morgan fingerprint density at radius 2 is 2.31 bits per heavy atom. The average Bonchev–Trinajstić information content (AvgIpc) is 2.69. The van der Waals surface area contributed by atoms with Crippen molar-refractivity contribution in [2.24, 2.45) is 5.73 Å². The zero-order chi connectivity index (χ0) is 12.1. The number of ether oxygens (including phenoxy) is 1. The lowest BCUT2D eigenvalue weighted by Crippen LogP contribution is -2.16. The molecule has 0 spiro atoms. The van der Waals surface area contributed by atoms with Crippen LogP contribution in [0.15, 0.2) is 5.16 Å². The van der Waals surface area contributed by atoms with E-state index in [1.807, 2.05) is 11.5 Å². The molecule has 6 nitrogen and oxygen atoms in total. The molecule has 1 aromatic rings. The van der Waals surface area contributed by atoms with Gasteiger partial charge in [-0.1, -0.05) is 11.8 Å². The van der Waals surface area contributed by atoms with Crippen molar-refractivity contribution in [2.45, 2.75) is 37.3 Å². The molecule has 0 radical (unpaired) electrons. The number of rotatable bonds is 5. The Balaban J connectivity index is 2.80. The molecule has 0 aromatic carbocycles.